The summed E-state index contributed by atoms with van der Waals surface area (Å²) in [5, 5.41) is 2.89. The molecule has 0 saturated carbocycles. The lowest BCUT2D eigenvalue weighted by Gasteiger charge is -2.37. The smallest absolute Gasteiger partial charge is 0.255 e. The van der Waals surface area contributed by atoms with Crippen LogP contribution in [0.25, 0.3) is 22.2 Å². The van der Waals surface area contributed by atoms with Gasteiger partial charge < -0.3 is 14.4 Å². The molecule has 1 aliphatic heterocycles. The van der Waals surface area contributed by atoms with Crippen LogP contribution in [0.4, 0.5) is 0 Å². The summed E-state index contributed by atoms with van der Waals surface area (Å²) in [5.41, 5.74) is 5.24. The van der Waals surface area contributed by atoms with Crippen molar-refractivity contribution in [3.05, 3.63) is 106 Å². The van der Waals surface area contributed by atoms with Crippen LogP contribution in [-0.4, -0.2) is 41.5 Å². The fourth-order valence-electron chi connectivity index (χ4n) is 5.09. The van der Waals surface area contributed by atoms with E-state index in [2.05, 4.69) is 16.4 Å². The van der Waals surface area contributed by atoms with E-state index in [4.69, 9.17) is 14.5 Å². The SMILES string of the molecule is COc1cc2c(cc1OC)[C@@H](c1cccs1)N(C(=O)c1cc(-c3cccnc3)nc3ccccc13)CC2. The predicted octanol–water partition coefficient (Wildman–Crippen LogP) is 6.16. The normalized spacial score (nSPS) is 14.9. The molecular weight excluding hydrogens is 482 g/mol. The fourth-order valence-corrected chi connectivity index (χ4v) is 5.94. The van der Waals surface area contributed by atoms with Gasteiger partial charge in [0.15, 0.2) is 11.5 Å². The first kappa shape index (κ1) is 23.2. The van der Waals surface area contributed by atoms with Crippen LogP contribution in [0, 0.1) is 0 Å². The Labute approximate surface area is 219 Å². The van der Waals surface area contributed by atoms with Crippen molar-refractivity contribution in [2.45, 2.75) is 12.5 Å². The molecule has 4 heterocycles. The number of aromatic nitrogens is 2. The molecule has 0 bridgehead atoms. The van der Waals surface area contributed by atoms with Crippen LogP contribution >= 0.6 is 11.3 Å². The third-order valence-electron chi connectivity index (χ3n) is 6.85. The number of fused-ring (bicyclic) bond motifs is 2. The molecule has 6 rings (SSSR count). The van der Waals surface area contributed by atoms with E-state index in [1.807, 2.05) is 65.6 Å². The van der Waals surface area contributed by atoms with Crippen LogP contribution in [-0.2, 0) is 6.42 Å². The highest BCUT2D eigenvalue weighted by molar-refractivity contribution is 7.10. The molecule has 6 nitrogen and oxygen atoms in total. The topological polar surface area (TPSA) is 64.6 Å². The van der Waals surface area contributed by atoms with Crippen LogP contribution in [0.2, 0.25) is 0 Å². The van der Waals surface area contributed by atoms with E-state index in [9.17, 15) is 4.79 Å². The van der Waals surface area contributed by atoms with Gasteiger partial charge in [-0.05, 0) is 65.4 Å². The molecule has 0 saturated heterocycles. The van der Waals surface area contributed by atoms with Gasteiger partial charge in [0.05, 0.1) is 37.0 Å². The monoisotopic (exact) mass is 507 g/mol. The van der Waals surface area contributed by atoms with Crippen molar-refractivity contribution in [1.29, 1.82) is 0 Å². The number of para-hydroxylation sites is 1. The third kappa shape index (κ3) is 4.11. The Bertz CT molecular complexity index is 1590. The standard InChI is InChI=1S/C30H25N3O3S/c1-35-26-15-19-11-13-33(29(28-10-6-14-37-28)22(19)17-27(26)36-2)30(34)23-16-25(20-7-5-12-31-18-20)32-24-9-4-3-8-21(23)24/h3-10,12,14-18,29H,11,13H2,1-2H3/t29-/m0/s1. The summed E-state index contributed by atoms with van der Waals surface area (Å²) in [7, 11) is 3.28. The number of methoxy groups -OCH3 is 2. The molecule has 184 valence electrons. The van der Waals surface area contributed by atoms with Crippen LogP contribution in [0.3, 0.4) is 0 Å². The largest absolute Gasteiger partial charge is 0.493 e. The van der Waals surface area contributed by atoms with Gasteiger partial charge in [-0.2, -0.15) is 0 Å². The van der Waals surface area contributed by atoms with E-state index < -0.39 is 0 Å². The second-order valence-corrected chi connectivity index (χ2v) is 9.87. The summed E-state index contributed by atoms with van der Waals surface area (Å²) < 4.78 is 11.2. The Balaban J connectivity index is 1.51. The summed E-state index contributed by atoms with van der Waals surface area (Å²) in [4.78, 5) is 26.6. The molecule has 5 aromatic rings. The molecule has 1 amide bonds. The minimum Gasteiger partial charge on any atom is -0.493 e. The molecule has 0 N–H and O–H groups in total. The number of carbonyl (C=O) groups is 1. The highest BCUT2D eigenvalue weighted by Crippen LogP contribution is 2.43. The number of benzene rings is 2. The number of thiophene rings is 1. The van der Waals surface area contributed by atoms with Crippen molar-refractivity contribution in [2.24, 2.45) is 0 Å². The van der Waals surface area contributed by atoms with Crippen LogP contribution < -0.4 is 9.47 Å². The first-order valence-corrected chi connectivity index (χ1v) is 12.9. The van der Waals surface area contributed by atoms with Crippen LogP contribution in [0.1, 0.15) is 32.4 Å². The van der Waals surface area contributed by atoms with E-state index in [1.165, 1.54) is 0 Å². The highest BCUT2D eigenvalue weighted by atomic mass is 32.1. The van der Waals surface area contributed by atoms with Gasteiger partial charge in [-0.3, -0.25) is 9.78 Å². The van der Waals surface area contributed by atoms with Gasteiger partial charge in [-0.15, -0.1) is 11.3 Å². The summed E-state index contributed by atoms with van der Waals surface area (Å²) in [5.74, 6) is 1.33. The molecule has 0 unspecified atom stereocenters. The first-order chi connectivity index (χ1) is 18.2. The van der Waals surface area contributed by atoms with Crippen molar-refractivity contribution < 1.29 is 14.3 Å². The van der Waals surface area contributed by atoms with Gasteiger partial charge in [-0.1, -0.05) is 24.3 Å². The average molecular weight is 508 g/mol. The Morgan fingerprint density at radius 2 is 1.84 bits per heavy atom. The number of ether oxygens (including phenoxy) is 2. The molecule has 1 atom stereocenters. The molecule has 0 aliphatic carbocycles. The highest BCUT2D eigenvalue weighted by Gasteiger charge is 2.35. The Hall–Kier alpha value is -4.23. The van der Waals surface area contributed by atoms with E-state index in [0.717, 1.165) is 44.6 Å². The van der Waals surface area contributed by atoms with Gasteiger partial charge in [0, 0.05) is 34.8 Å². The minimum absolute atomic E-state index is 0.0254. The summed E-state index contributed by atoms with van der Waals surface area (Å²) in [6.07, 6.45) is 4.23. The fraction of sp³-hybridized carbons (Fsp3) is 0.167. The zero-order valence-electron chi connectivity index (χ0n) is 20.5. The Morgan fingerprint density at radius 1 is 1.00 bits per heavy atom. The molecule has 0 fully saturated rings. The molecule has 1 aliphatic rings. The van der Waals surface area contributed by atoms with Gasteiger partial charge in [0.2, 0.25) is 0 Å². The minimum atomic E-state index is -0.232. The number of rotatable bonds is 5. The van der Waals surface area contributed by atoms with Crippen molar-refractivity contribution in [3.63, 3.8) is 0 Å². The zero-order chi connectivity index (χ0) is 25.4. The molecule has 3 aromatic heterocycles. The maximum Gasteiger partial charge on any atom is 0.255 e. The maximum absolute atomic E-state index is 14.4. The average Bonchev–Trinajstić information content (AvgIpc) is 3.50. The summed E-state index contributed by atoms with van der Waals surface area (Å²) in [6, 6.07) is 21.5. The molecule has 2 aromatic carbocycles. The van der Waals surface area contributed by atoms with Gasteiger partial charge >= 0.3 is 0 Å². The summed E-state index contributed by atoms with van der Waals surface area (Å²) in [6.45, 7) is 0.586. The van der Waals surface area contributed by atoms with Crippen molar-refractivity contribution >= 4 is 28.1 Å². The zero-order valence-corrected chi connectivity index (χ0v) is 21.4. The van der Waals surface area contributed by atoms with E-state index in [-0.39, 0.29) is 11.9 Å². The molecule has 7 heteroatoms. The number of hydrogen-bond donors (Lipinski definition) is 0. The van der Waals surface area contributed by atoms with Crippen molar-refractivity contribution in [3.8, 4) is 22.8 Å². The summed E-state index contributed by atoms with van der Waals surface area (Å²) >= 11 is 1.65. The Morgan fingerprint density at radius 3 is 2.59 bits per heavy atom. The van der Waals surface area contributed by atoms with Gasteiger partial charge in [-0.25, -0.2) is 4.98 Å². The number of carbonyl (C=O) groups excluding carboxylic acids is 1. The lowest BCUT2D eigenvalue weighted by molar-refractivity contribution is 0.0699. The van der Waals surface area contributed by atoms with E-state index >= 15 is 0 Å². The number of amides is 1. The number of pyridine rings is 2. The van der Waals surface area contributed by atoms with Crippen molar-refractivity contribution in [2.75, 3.05) is 20.8 Å². The van der Waals surface area contributed by atoms with E-state index in [0.29, 0.717) is 23.6 Å². The third-order valence-corrected chi connectivity index (χ3v) is 7.78. The van der Waals surface area contributed by atoms with Crippen molar-refractivity contribution in [1.82, 2.24) is 14.9 Å². The number of hydrogen-bond acceptors (Lipinski definition) is 6. The quantitative estimate of drug-likeness (QED) is 0.285. The Kier molecular flexibility index (Phi) is 6.06. The lowest BCUT2D eigenvalue weighted by Crippen LogP contribution is -2.40. The molecule has 0 radical (unpaired) electrons. The van der Waals surface area contributed by atoms with Gasteiger partial charge in [0.1, 0.15) is 0 Å². The van der Waals surface area contributed by atoms with Gasteiger partial charge in [0.25, 0.3) is 5.91 Å². The maximum atomic E-state index is 14.4. The molecule has 37 heavy (non-hydrogen) atoms. The van der Waals surface area contributed by atoms with Crippen LogP contribution in [0.5, 0.6) is 11.5 Å². The van der Waals surface area contributed by atoms with Crippen LogP contribution in [0.15, 0.2) is 84.5 Å². The second-order valence-electron chi connectivity index (χ2n) is 8.89. The second kappa shape index (κ2) is 9.67. The molecule has 0 spiro atoms. The molecular formula is C30H25N3O3S. The number of nitrogens with zero attached hydrogens (tertiary/aromatic N) is 3. The van der Waals surface area contributed by atoms with E-state index in [1.54, 1.807) is 38.0 Å². The predicted molar refractivity (Wildman–Crippen MR) is 145 cm³/mol. The lowest BCUT2D eigenvalue weighted by atomic mass is 9.90. The first-order valence-electron chi connectivity index (χ1n) is 12.1.